The number of carbonyl (C=O) groups is 1. The minimum atomic E-state index is -1.55. The zero-order valence-corrected chi connectivity index (χ0v) is 11.3. The average Bonchev–Trinajstić information content (AvgIpc) is 2.39. The van der Waals surface area contributed by atoms with Crippen LogP contribution in [0.5, 0.6) is 0 Å². The fourth-order valence-electron chi connectivity index (χ4n) is 1.65. The lowest BCUT2D eigenvalue weighted by molar-refractivity contribution is -0.329. The van der Waals surface area contributed by atoms with Crippen LogP contribution < -0.4 is 0 Å². The van der Waals surface area contributed by atoms with Gasteiger partial charge in [-0.1, -0.05) is 6.58 Å². The van der Waals surface area contributed by atoms with Crippen LogP contribution in [0.2, 0.25) is 0 Å². The van der Waals surface area contributed by atoms with E-state index in [0.29, 0.717) is 0 Å². The average molecular weight is 292 g/mol. The van der Waals surface area contributed by atoms with E-state index in [0.717, 1.165) is 0 Å². The number of aliphatic hydroxyl groups excluding tert-OH is 4. The lowest BCUT2D eigenvalue weighted by Gasteiger charge is -2.40. The molecule has 8 nitrogen and oxygen atoms in total. The van der Waals surface area contributed by atoms with Crippen LogP contribution in [0.4, 0.5) is 0 Å². The van der Waals surface area contributed by atoms with Crippen LogP contribution in [0.3, 0.4) is 0 Å². The van der Waals surface area contributed by atoms with E-state index < -0.39 is 49.6 Å². The molecule has 4 N–H and O–H groups in total. The first-order chi connectivity index (χ1) is 9.27. The minimum Gasteiger partial charge on any atom is -0.433 e. The zero-order valence-electron chi connectivity index (χ0n) is 11.3. The molecule has 1 aliphatic rings. The predicted octanol–water partition coefficient (Wildman–Crippen LogP) is -1.73. The number of hydrogen-bond donors (Lipinski definition) is 4. The van der Waals surface area contributed by atoms with Gasteiger partial charge in [0.25, 0.3) is 0 Å². The number of aliphatic hydroxyl groups is 4. The Balaban J connectivity index is 2.61. The highest BCUT2D eigenvalue weighted by atomic mass is 16.8. The molecule has 1 rings (SSSR count). The molecule has 1 aliphatic heterocycles. The van der Waals surface area contributed by atoms with Gasteiger partial charge in [-0.3, -0.25) is 0 Å². The standard InChI is InChI=1S/C12H20O8/c1-5(2)11(17)18-6(3)19-12-10(16)9(15)8(14)7(4-13)20-12/h6-10,12-16H,1,4H2,2-3H3/t6?,7-,8-,9+,10+,12?/m1/s1. The van der Waals surface area contributed by atoms with Crippen molar-refractivity contribution in [1.29, 1.82) is 0 Å². The summed E-state index contributed by atoms with van der Waals surface area (Å²) in [6.07, 6.45) is -8.06. The Morgan fingerprint density at radius 1 is 1.30 bits per heavy atom. The fourth-order valence-corrected chi connectivity index (χ4v) is 1.65. The molecule has 0 radical (unpaired) electrons. The molecule has 116 valence electrons. The van der Waals surface area contributed by atoms with E-state index in [2.05, 4.69) is 6.58 Å². The minimum absolute atomic E-state index is 0.175. The Morgan fingerprint density at radius 2 is 1.90 bits per heavy atom. The third-order valence-electron chi connectivity index (χ3n) is 2.80. The van der Waals surface area contributed by atoms with E-state index >= 15 is 0 Å². The predicted molar refractivity (Wildman–Crippen MR) is 65.2 cm³/mol. The summed E-state index contributed by atoms with van der Waals surface area (Å²) in [5.41, 5.74) is 0.175. The van der Waals surface area contributed by atoms with Crippen molar-refractivity contribution in [2.75, 3.05) is 6.61 Å². The molecule has 0 aromatic heterocycles. The molecular weight excluding hydrogens is 272 g/mol. The van der Waals surface area contributed by atoms with Crippen LogP contribution in [0, 0.1) is 0 Å². The van der Waals surface area contributed by atoms with Crippen molar-refractivity contribution in [2.24, 2.45) is 0 Å². The quantitative estimate of drug-likeness (QED) is 0.267. The van der Waals surface area contributed by atoms with Crippen LogP contribution in [0.25, 0.3) is 0 Å². The van der Waals surface area contributed by atoms with Gasteiger partial charge in [-0.2, -0.15) is 0 Å². The van der Waals surface area contributed by atoms with E-state index in [9.17, 15) is 20.1 Å². The van der Waals surface area contributed by atoms with Crippen molar-refractivity contribution in [1.82, 2.24) is 0 Å². The van der Waals surface area contributed by atoms with Gasteiger partial charge in [-0.15, -0.1) is 0 Å². The SMILES string of the molecule is C=C(C)C(=O)OC(C)OC1O[C@H](CO)[C@@H](O)[C@H](O)[C@@H]1O. The van der Waals surface area contributed by atoms with Crippen LogP contribution in [0.1, 0.15) is 13.8 Å². The number of rotatable bonds is 5. The van der Waals surface area contributed by atoms with Crippen molar-refractivity contribution >= 4 is 5.97 Å². The second kappa shape index (κ2) is 7.11. The second-order valence-electron chi connectivity index (χ2n) is 4.59. The Labute approximate surface area is 116 Å². The number of ether oxygens (including phenoxy) is 3. The smallest absolute Gasteiger partial charge is 0.335 e. The summed E-state index contributed by atoms with van der Waals surface area (Å²) in [6.45, 7) is 5.69. The summed E-state index contributed by atoms with van der Waals surface area (Å²) in [4.78, 5) is 11.3. The molecule has 8 heteroatoms. The molecule has 0 amide bonds. The van der Waals surface area contributed by atoms with Gasteiger partial charge in [-0.05, 0) is 13.8 Å². The normalized spacial score (nSPS) is 35.4. The van der Waals surface area contributed by atoms with Crippen molar-refractivity contribution < 1.29 is 39.4 Å². The Hall–Kier alpha value is -1.03. The summed E-state index contributed by atoms with van der Waals surface area (Å²) >= 11 is 0. The third-order valence-corrected chi connectivity index (χ3v) is 2.80. The number of hydrogen-bond acceptors (Lipinski definition) is 8. The van der Waals surface area contributed by atoms with E-state index in [4.69, 9.17) is 19.3 Å². The zero-order chi connectivity index (χ0) is 15.4. The van der Waals surface area contributed by atoms with Gasteiger partial charge in [0, 0.05) is 5.57 Å². The molecule has 1 heterocycles. The fraction of sp³-hybridized carbons (Fsp3) is 0.750. The molecule has 0 bridgehead atoms. The lowest BCUT2D eigenvalue weighted by atomic mass is 9.99. The van der Waals surface area contributed by atoms with Crippen LogP contribution in [0.15, 0.2) is 12.2 Å². The first-order valence-corrected chi connectivity index (χ1v) is 6.10. The Morgan fingerprint density at radius 3 is 2.40 bits per heavy atom. The summed E-state index contributed by atoms with van der Waals surface area (Å²) in [7, 11) is 0. The molecule has 0 aromatic rings. The molecule has 1 fully saturated rings. The molecule has 0 saturated carbocycles. The number of esters is 1. The highest BCUT2D eigenvalue weighted by Gasteiger charge is 2.44. The van der Waals surface area contributed by atoms with Gasteiger partial charge in [0.1, 0.15) is 24.4 Å². The van der Waals surface area contributed by atoms with Crippen molar-refractivity contribution in [3.63, 3.8) is 0 Å². The summed E-state index contributed by atoms with van der Waals surface area (Å²) in [6, 6.07) is 0. The van der Waals surface area contributed by atoms with Crippen LogP contribution in [-0.2, 0) is 19.0 Å². The van der Waals surface area contributed by atoms with Gasteiger partial charge in [0.15, 0.2) is 6.29 Å². The monoisotopic (exact) mass is 292 g/mol. The van der Waals surface area contributed by atoms with E-state index in [-0.39, 0.29) is 5.57 Å². The lowest BCUT2D eigenvalue weighted by Crippen LogP contribution is -2.59. The molecule has 0 aliphatic carbocycles. The molecule has 0 spiro atoms. The molecule has 1 saturated heterocycles. The first kappa shape index (κ1) is 17.0. The topological polar surface area (TPSA) is 126 Å². The van der Waals surface area contributed by atoms with Gasteiger partial charge in [0.2, 0.25) is 6.29 Å². The maximum absolute atomic E-state index is 11.3. The van der Waals surface area contributed by atoms with E-state index in [1.54, 1.807) is 0 Å². The molecule has 20 heavy (non-hydrogen) atoms. The maximum Gasteiger partial charge on any atom is 0.335 e. The Kier molecular flexibility index (Phi) is 6.06. The van der Waals surface area contributed by atoms with Gasteiger partial charge in [0.05, 0.1) is 6.61 Å². The van der Waals surface area contributed by atoms with Gasteiger partial charge < -0.3 is 34.6 Å². The first-order valence-electron chi connectivity index (χ1n) is 6.10. The van der Waals surface area contributed by atoms with Gasteiger partial charge in [-0.25, -0.2) is 4.79 Å². The maximum atomic E-state index is 11.3. The Bertz CT molecular complexity index is 355. The van der Waals surface area contributed by atoms with Gasteiger partial charge >= 0.3 is 5.97 Å². The van der Waals surface area contributed by atoms with Crippen LogP contribution >= 0.6 is 0 Å². The molecular formula is C12H20O8. The summed E-state index contributed by atoms with van der Waals surface area (Å²) < 4.78 is 15.1. The highest BCUT2D eigenvalue weighted by Crippen LogP contribution is 2.23. The molecule has 6 atom stereocenters. The summed E-state index contributed by atoms with van der Waals surface area (Å²) in [5.74, 6) is -0.679. The van der Waals surface area contributed by atoms with E-state index in [1.165, 1.54) is 13.8 Å². The molecule has 0 aromatic carbocycles. The van der Waals surface area contributed by atoms with Crippen molar-refractivity contribution in [3.8, 4) is 0 Å². The summed E-state index contributed by atoms with van der Waals surface area (Å²) in [5, 5.41) is 37.9. The highest BCUT2D eigenvalue weighted by molar-refractivity contribution is 5.86. The second-order valence-corrected chi connectivity index (χ2v) is 4.59. The van der Waals surface area contributed by atoms with Crippen molar-refractivity contribution in [2.45, 2.75) is 50.8 Å². The largest absolute Gasteiger partial charge is 0.433 e. The third kappa shape index (κ3) is 3.98. The molecule has 2 unspecified atom stereocenters. The van der Waals surface area contributed by atoms with Crippen molar-refractivity contribution in [3.05, 3.63) is 12.2 Å². The van der Waals surface area contributed by atoms with E-state index in [1.807, 2.05) is 0 Å². The number of carbonyl (C=O) groups excluding carboxylic acids is 1. The van der Waals surface area contributed by atoms with Crippen LogP contribution in [-0.4, -0.2) is 70.0 Å².